The third kappa shape index (κ3) is 4.04. The number of rotatable bonds is 5. The van der Waals surface area contributed by atoms with Crippen LogP contribution in [-0.4, -0.2) is 21.2 Å². The second-order valence-electron chi connectivity index (χ2n) is 4.59. The molecule has 0 aliphatic heterocycles. The summed E-state index contributed by atoms with van der Waals surface area (Å²) in [6, 6.07) is 5.13. The second-order valence-corrected chi connectivity index (χ2v) is 5.60. The van der Waals surface area contributed by atoms with Crippen molar-refractivity contribution in [3.05, 3.63) is 35.4 Å². The van der Waals surface area contributed by atoms with Crippen LogP contribution in [0.5, 0.6) is 0 Å². The molecule has 4 nitrogen and oxygen atoms in total. The monoisotopic (exact) mass is 280 g/mol. The molecular formula is C13H17FN4S. The second kappa shape index (κ2) is 6.16. The van der Waals surface area contributed by atoms with E-state index in [1.165, 1.54) is 17.8 Å². The Morgan fingerprint density at radius 2 is 2.21 bits per heavy atom. The minimum atomic E-state index is -0.226. The molecular weight excluding hydrogens is 263 g/mol. The molecule has 0 radical (unpaired) electrons. The number of aromatic nitrogens is 3. The molecule has 0 amide bonds. The van der Waals surface area contributed by atoms with Crippen LogP contribution >= 0.6 is 11.8 Å². The lowest BCUT2D eigenvalue weighted by Gasteiger charge is -2.11. The van der Waals surface area contributed by atoms with E-state index in [2.05, 4.69) is 34.3 Å². The van der Waals surface area contributed by atoms with Crippen LogP contribution in [-0.2, 0) is 6.54 Å². The van der Waals surface area contributed by atoms with Crippen molar-refractivity contribution in [1.82, 2.24) is 20.5 Å². The van der Waals surface area contributed by atoms with Crippen LogP contribution in [0.3, 0.4) is 0 Å². The summed E-state index contributed by atoms with van der Waals surface area (Å²) in [5.74, 6) is 0.544. The summed E-state index contributed by atoms with van der Waals surface area (Å²) >= 11 is 1.44. The Hall–Kier alpha value is -1.40. The van der Waals surface area contributed by atoms with E-state index in [-0.39, 0.29) is 5.82 Å². The predicted molar refractivity (Wildman–Crippen MR) is 73.6 cm³/mol. The van der Waals surface area contributed by atoms with Crippen LogP contribution in [0.25, 0.3) is 0 Å². The summed E-state index contributed by atoms with van der Waals surface area (Å²) in [7, 11) is 0. The van der Waals surface area contributed by atoms with Gasteiger partial charge < -0.3 is 5.32 Å². The number of hydrogen-bond donors (Lipinski definition) is 2. The molecule has 2 rings (SSSR count). The average molecular weight is 280 g/mol. The molecule has 1 heterocycles. The Morgan fingerprint density at radius 1 is 1.42 bits per heavy atom. The zero-order chi connectivity index (χ0) is 13.8. The smallest absolute Gasteiger partial charge is 0.213 e. The average Bonchev–Trinajstić information content (AvgIpc) is 2.75. The lowest BCUT2D eigenvalue weighted by molar-refractivity contribution is 0.576. The van der Waals surface area contributed by atoms with Crippen LogP contribution in [0.4, 0.5) is 4.39 Å². The van der Waals surface area contributed by atoms with E-state index in [0.29, 0.717) is 17.7 Å². The van der Waals surface area contributed by atoms with E-state index in [1.54, 1.807) is 12.1 Å². The van der Waals surface area contributed by atoms with E-state index >= 15 is 0 Å². The van der Waals surface area contributed by atoms with Gasteiger partial charge in [-0.15, -0.1) is 5.10 Å². The highest BCUT2D eigenvalue weighted by Gasteiger charge is 2.09. The van der Waals surface area contributed by atoms with Crippen LogP contribution in [0.1, 0.15) is 25.2 Å². The van der Waals surface area contributed by atoms with Crippen LogP contribution in [0.2, 0.25) is 0 Å². The number of halogens is 1. The number of nitrogens with zero attached hydrogens (tertiary/aromatic N) is 2. The fourth-order valence-electron chi connectivity index (χ4n) is 1.57. The van der Waals surface area contributed by atoms with Gasteiger partial charge in [0.2, 0.25) is 5.16 Å². The standard InChI is InChI=1S/C13H17FN4S/c1-8(2)15-7-10-6-11(14)4-5-12(10)19-13-16-9(3)17-18-13/h4-6,8,15H,7H2,1-3H3,(H,16,17,18). The van der Waals surface area contributed by atoms with Gasteiger partial charge in [0.1, 0.15) is 11.6 Å². The van der Waals surface area contributed by atoms with Gasteiger partial charge in [-0.2, -0.15) is 0 Å². The van der Waals surface area contributed by atoms with Gasteiger partial charge in [-0.05, 0) is 42.4 Å². The summed E-state index contributed by atoms with van der Waals surface area (Å²) in [6.07, 6.45) is 0. The Labute approximate surface area is 116 Å². The Morgan fingerprint density at radius 3 is 2.84 bits per heavy atom. The largest absolute Gasteiger partial charge is 0.310 e. The molecule has 0 bridgehead atoms. The van der Waals surface area contributed by atoms with E-state index in [4.69, 9.17) is 0 Å². The van der Waals surface area contributed by atoms with Gasteiger partial charge in [-0.25, -0.2) is 9.37 Å². The first kappa shape index (κ1) is 14.0. The molecule has 0 saturated carbocycles. The first-order valence-electron chi connectivity index (χ1n) is 6.13. The van der Waals surface area contributed by atoms with Crippen molar-refractivity contribution < 1.29 is 4.39 Å². The van der Waals surface area contributed by atoms with Gasteiger partial charge in [0.25, 0.3) is 0 Å². The maximum atomic E-state index is 13.3. The van der Waals surface area contributed by atoms with E-state index in [9.17, 15) is 4.39 Å². The lowest BCUT2D eigenvalue weighted by atomic mass is 10.2. The maximum Gasteiger partial charge on any atom is 0.213 e. The van der Waals surface area contributed by atoms with Crippen LogP contribution in [0.15, 0.2) is 28.3 Å². The molecule has 2 aromatic rings. The molecule has 1 aromatic carbocycles. The number of aryl methyl sites for hydroxylation is 1. The fraction of sp³-hybridized carbons (Fsp3) is 0.385. The highest BCUT2D eigenvalue weighted by Crippen LogP contribution is 2.28. The summed E-state index contributed by atoms with van der Waals surface area (Å²) in [6.45, 7) is 6.60. The number of aromatic amines is 1. The van der Waals surface area contributed by atoms with Gasteiger partial charge >= 0.3 is 0 Å². The van der Waals surface area contributed by atoms with E-state index in [0.717, 1.165) is 16.3 Å². The van der Waals surface area contributed by atoms with Gasteiger partial charge in [0, 0.05) is 17.5 Å². The molecule has 0 spiro atoms. The zero-order valence-corrected chi connectivity index (χ0v) is 12.0. The van der Waals surface area contributed by atoms with Gasteiger partial charge in [0.15, 0.2) is 0 Å². The minimum Gasteiger partial charge on any atom is -0.310 e. The number of benzene rings is 1. The van der Waals surface area contributed by atoms with Crippen LogP contribution < -0.4 is 5.32 Å². The zero-order valence-electron chi connectivity index (χ0n) is 11.2. The van der Waals surface area contributed by atoms with Crippen molar-refractivity contribution in [3.63, 3.8) is 0 Å². The highest BCUT2D eigenvalue weighted by atomic mass is 32.2. The van der Waals surface area contributed by atoms with Crippen molar-refractivity contribution in [1.29, 1.82) is 0 Å². The number of nitrogens with one attached hydrogen (secondary N) is 2. The first-order chi connectivity index (χ1) is 9.04. The SMILES string of the molecule is Cc1nc(Sc2ccc(F)cc2CNC(C)C)n[nH]1. The lowest BCUT2D eigenvalue weighted by Crippen LogP contribution is -2.22. The molecule has 0 saturated heterocycles. The minimum absolute atomic E-state index is 0.226. The third-order valence-corrected chi connectivity index (χ3v) is 3.48. The normalized spacial score (nSPS) is 11.2. The molecule has 0 aliphatic carbocycles. The van der Waals surface area contributed by atoms with Gasteiger partial charge in [-0.1, -0.05) is 13.8 Å². The van der Waals surface area contributed by atoms with Crippen molar-refractivity contribution in [3.8, 4) is 0 Å². The first-order valence-corrected chi connectivity index (χ1v) is 6.95. The topological polar surface area (TPSA) is 53.6 Å². The van der Waals surface area contributed by atoms with Crippen molar-refractivity contribution in [2.45, 2.75) is 43.4 Å². The molecule has 2 N–H and O–H groups in total. The molecule has 0 aliphatic rings. The van der Waals surface area contributed by atoms with Crippen molar-refractivity contribution in [2.24, 2.45) is 0 Å². The summed E-state index contributed by atoms with van der Waals surface area (Å²) in [5, 5.41) is 10.8. The third-order valence-electron chi connectivity index (χ3n) is 2.50. The van der Waals surface area contributed by atoms with Crippen molar-refractivity contribution in [2.75, 3.05) is 0 Å². The predicted octanol–water partition coefficient (Wildman–Crippen LogP) is 2.90. The van der Waals surface area contributed by atoms with Crippen molar-refractivity contribution >= 4 is 11.8 Å². The summed E-state index contributed by atoms with van der Waals surface area (Å²) in [4.78, 5) is 5.21. The molecule has 0 fully saturated rings. The van der Waals surface area contributed by atoms with E-state index in [1.807, 2.05) is 6.92 Å². The molecule has 6 heteroatoms. The Bertz CT molecular complexity index is 553. The van der Waals surface area contributed by atoms with Crippen LogP contribution in [0, 0.1) is 12.7 Å². The molecule has 102 valence electrons. The quantitative estimate of drug-likeness (QED) is 0.884. The number of H-pyrrole nitrogens is 1. The van der Waals surface area contributed by atoms with Gasteiger partial charge in [-0.3, -0.25) is 5.10 Å². The summed E-state index contributed by atoms with van der Waals surface area (Å²) < 4.78 is 13.3. The molecule has 0 unspecified atom stereocenters. The molecule has 0 atom stereocenters. The highest BCUT2D eigenvalue weighted by molar-refractivity contribution is 7.99. The summed E-state index contributed by atoms with van der Waals surface area (Å²) in [5.41, 5.74) is 0.918. The van der Waals surface area contributed by atoms with E-state index < -0.39 is 0 Å². The Kier molecular flexibility index (Phi) is 4.55. The molecule has 1 aromatic heterocycles. The molecule has 19 heavy (non-hydrogen) atoms. The van der Waals surface area contributed by atoms with Gasteiger partial charge in [0.05, 0.1) is 0 Å². The number of hydrogen-bond acceptors (Lipinski definition) is 4. The fourth-order valence-corrected chi connectivity index (χ4v) is 2.43. The Balaban J connectivity index is 2.18. The maximum absolute atomic E-state index is 13.3.